The summed E-state index contributed by atoms with van der Waals surface area (Å²) in [5.41, 5.74) is 1.76. The molecule has 1 aromatic heterocycles. The number of amides is 1. The molecule has 39 heavy (non-hydrogen) atoms. The number of aliphatic carboxylic acids is 1. The molecule has 4 aromatic rings. The Balaban J connectivity index is 1.72. The van der Waals surface area contributed by atoms with Crippen molar-refractivity contribution in [1.29, 1.82) is 0 Å². The van der Waals surface area contributed by atoms with Gasteiger partial charge in [0.1, 0.15) is 6.42 Å². The minimum atomic E-state index is -4.23. The Morgan fingerprint density at radius 2 is 1.59 bits per heavy atom. The second-order valence-electron chi connectivity index (χ2n) is 9.00. The summed E-state index contributed by atoms with van der Waals surface area (Å²) < 4.78 is 29.5. The Kier molecular flexibility index (Phi) is 6.96. The number of halogens is 4. The number of benzene rings is 3. The van der Waals surface area contributed by atoms with Crippen molar-refractivity contribution in [1.82, 2.24) is 9.99 Å². The second-order valence-corrected chi connectivity index (χ2v) is 9.87. The maximum absolute atomic E-state index is 14.7. The van der Waals surface area contributed by atoms with Crippen LogP contribution in [0.25, 0.3) is 22.0 Å². The van der Waals surface area contributed by atoms with Crippen molar-refractivity contribution in [2.75, 3.05) is 0 Å². The molecule has 0 saturated carbocycles. The lowest BCUT2D eigenvalue weighted by molar-refractivity contribution is -0.167. The van der Waals surface area contributed by atoms with E-state index in [0.29, 0.717) is 42.6 Å². The van der Waals surface area contributed by atoms with E-state index in [1.54, 1.807) is 60.7 Å². The van der Waals surface area contributed by atoms with E-state index < -0.39 is 35.8 Å². The summed E-state index contributed by atoms with van der Waals surface area (Å²) in [4.78, 5) is 40.3. The van der Waals surface area contributed by atoms with Crippen LogP contribution in [-0.2, 0) is 9.59 Å². The second kappa shape index (κ2) is 10.2. The zero-order valence-electron chi connectivity index (χ0n) is 20.0. The standard InChI is InChI=1S/C28H19Cl2F2N3O4/c29-17-9-5-15(6-10-17)22-13-21(34-35(22)27(39)28(31,32)14-23(36)37)25-24(16-7-11-18(30)12-8-16)19-3-1-2-4-20(19)33-26(25)38/h1-12,22H,13-14H2,(H,33,38)(H,36,37)/t22-/m0/s1. The highest BCUT2D eigenvalue weighted by Gasteiger charge is 2.49. The molecule has 1 amide bonds. The molecule has 2 heterocycles. The number of nitrogens with zero attached hydrogens (tertiary/aromatic N) is 2. The fourth-order valence-electron chi connectivity index (χ4n) is 4.66. The average Bonchev–Trinajstić information content (AvgIpc) is 3.32. The number of nitrogens with one attached hydrogen (secondary N) is 1. The van der Waals surface area contributed by atoms with E-state index in [1.165, 1.54) is 12.1 Å². The normalized spacial score (nSPS) is 15.4. The molecule has 7 nitrogen and oxygen atoms in total. The fourth-order valence-corrected chi connectivity index (χ4v) is 4.91. The Morgan fingerprint density at radius 1 is 0.974 bits per heavy atom. The van der Waals surface area contributed by atoms with Gasteiger partial charge in [-0.15, -0.1) is 0 Å². The Bertz CT molecular complexity index is 1690. The number of pyridine rings is 1. The van der Waals surface area contributed by atoms with Crippen molar-refractivity contribution in [3.8, 4) is 11.1 Å². The molecule has 0 bridgehead atoms. The van der Waals surface area contributed by atoms with Gasteiger partial charge in [0, 0.05) is 32.9 Å². The quantitative estimate of drug-likeness (QED) is 0.285. The topological polar surface area (TPSA) is 103 Å². The number of rotatable bonds is 6. The number of alkyl halides is 2. The Hall–Kier alpha value is -4.08. The number of hydrogen-bond acceptors (Lipinski definition) is 4. The lowest BCUT2D eigenvalue weighted by Crippen LogP contribution is -2.42. The molecular weight excluding hydrogens is 551 g/mol. The van der Waals surface area contributed by atoms with Gasteiger partial charge in [0.25, 0.3) is 5.56 Å². The molecule has 3 aromatic carbocycles. The molecule has 0 aliphatic carbocycles. The number of carboxylic acids is 1. The van der Waals surface area contributed by atoms with Gasteiger partial charge in [0.15, 0.2) is 0 Å². The van der Waals surface area contributed by atoms with Crippen LogP contribution in [0.4, 0.5) is 8.78 Å². The highest BCUT2D eigenvalue weighted by molar-refractivity contribution is 6.31. The summed E-state index contributed by atoms with van der Waals surface area (Å²) in [7, 11) is 0. The van der Waals surface area contributed by atoms with E-state index in [4.69, 9.17) is 28.3 Å². The predicted molar refractivity (Wildman–Crippen MR) is 144 cm³/mol. The first-order chi connectivity index (χ1) is 18.5. The van der Waals surface area contributed by atoms with Crippen LogP contribution in [0.5, 0.6) is 0 Å². The molecule has 1 aliphatic rings. The van der Waals surface area contributed by atoms with Crippen LogP contribution >= 0.6 is 23.2 Å². The molecule has 0 unspecified atom stereocenters. The van der Waals surface area contributed by atoms with E-state index >= 15 is 0 Å². The first-order valence-corrected chi connectivity index (χ1v) is 12.5. The molecule has 11 heteroatoms. The van der Waals surface area contributed by atoms with Crippen molar-refractivity contribution in [2.24, 2.45) is 5.10 Å². The number of hydrogen-bond donors (Lipinski definition) is 2. The van der Waals surface area contributed by atoms with Crippen molar-refractivity contribution in [3.63, 3.8) is 0 Å². The van der Waals surface area contributed by atoms with Crippen molar-refractivity contribution in [3.05, 3.63) is 104 Å². The molecule has 0 radical (unpaired) electrons. The van der Waals surface area contributed by atoms with Gasteiger partial charge in [0.05, 0.1) is 17.3 Å². The molecule has 2 N–H and O–H groups in total. The van der Waals surface area contributed by atoms with Crippen LogP contribution in [0.3, 0.4) is 0 Å². The summed E-state index contributed by atoms with van der Waals surface area (Å²) in [5, 5.41) is 15.3. The highest BCUT2D eigenvalue weighted by Crippen LogP contribution is 2.39. The Labute approximate surface area is 230 Å². The number of aromatic nitrogens is 1. The lowest BCUT2D eigenvalue weighted by atomic mass is 9.91. The van der Waals surface area contributed by atoms with E-state index in [0.717, 1.165) is 0 Å². The first-order valence-electron chi connectivity index (χ1n) is 11.7. The predicted octanol–water partition coefficient (Wildman–Crippen LogP) is 6.29. The van der Waals surface area contributed by atoms with Gasteiger partial charge in [-0.3, -0.25) is 14.4 Å². The number of para-hydroxylation sites is 1. The minimum Gasteiger partial charge on any atom is -0.481 e. The monoisotopic (exact) mass is 569 g/mol. The molecule has 5 rings (SSSR count). The van der Waals surface area contributed by atoms with Crippen LogP contribution in [-0.4, -0.2) is 38.6 Å². The minimum absolute atomic E-state index is 0.0848. The first kappa shape index (κ1) is 26.5. The molecular formula is C28H19Cl2F2N3O4. The van der Waals surface area contributed by atoms with E-state index in [9.17, 15) is 23.2 Å². The van der Waals surface area contributed by atoms with Crippen molar-refractivity contribution in [2.45, 2.75) is 24.8 Å². The summed E-state index contributed by atoms with van der Waals surface area (Å²) >= 11 is 12.1. The maximum atomic E-state index is 14.7. The number of carbonyl (C=O) groups is 2. The number of carbonyl (C=O) groups excluding carboxylic acids is 1. The maximum Gasteiger partial charge on any atom is 0.337 e. The fraction of sp³-hybridized carbons (Fsp3) is 0.143. The van der Waals surface area contributed by atoms with Gasteiger partial charge in [0.2, 0.25) is 0 Å². The van der Waals surface area contributed by atoms with Gasteiger partial charge in [-0.1, -0.05) is 65.7 Å². The van der Waals surface area contributed by atoms with Crippen LogP contribution in [0.1, 0.15) is 30.0 Å². The third-order valence-electron chi connectivity index (χ3n) is 6.40. The third kappa shape index (κ3) is 5.15. The number of carboxylic acid groups (broad SMARTS) is 1. The molecule has 0 saturated heterocycles. The summed E-state index contributed by atoms with van der Waals surface area (Å²) in [6.45, 7) is 0. The average molecular weight is 570 g/mol. The van der Waals surface area contributed by atoms with Crippen LogP contribution < -0.4 is 5.56 Å². The van der Waals surface area contributed by atoms with Crippen LogP contribution in [0, 0.1) is 0 Å². The van der Waals surface area contributed by atoms with Crippen LogP contribution in [0.2, 0.25) is 10.0 Å². The van der Waals surface area contributed by atoms with E-state index in [2.05, 4.69) is 10.1 Å². The molecule has 1 aliphatic heterocycles. The van der Waals surface area contributed by atoms with Gasteiger partial charge < -0.3 is 10.1 Å². The van der Waals surface area contributed by atoms with Crippen molar-refractivity contribution >= 4 is 51.7 Å². The van der Waals surface area contributed by atoms with Crippen molar-refractivity contribution < 1.29 is 23.5 Å². The summed E-state index contributed by atoms with van der Waals surface area (Å²) in [6, 6.07) is 19.0. The summed E-state index contributed by atoms with van der Waals surface area (Å²) in [6.07, 6.45) is -1.79. The number of fused-ring (bicyclic) bond motifs is 1. The smallest absolute Gasteiger partial charge is 0.337 e. The van der Waals surface area contributed by atoms with Gasteiger partial charge in [-0.2, -0.15) is 13.9 Å². The van der Waals surface area contributed by atoms with Gasteiger partial charge in [-0.05, 0) is 41.5 Å². The van der Waals surface area contributed by atoms with E-state index in [1.807, 2.05) is 0 Å². The lowest BCUT2D eigenvalue weighted by Gasteiger charge is -2.25. The molecule has 198 valence electrons. The zero-order chi connectivity index (χ0) is 27.9. The van der Waals surface area contributed by atoms with E-state index in [-0.39, 0.29) is 17.7 Å². The Morgan fingerprint density at radius 3 is 2.23 bits per heavy atom. The van der Waals surface area contributed by atoms with Gasteiger partial charge in [-0.25, -0.2) is 5.01 Å². The highest BCUT2D eigenvalue weighted by atomic mass is 35.5. The molecule has 1 atom stereocenters. The SMILES string of the molecule is O=C(O)CC(F)(F)C(=O)N1N=C(c2c(-c3ccc(Cl)cc3)c3ccccc3[nH]c2=O)C[C@H]1c1ccc(Cl)cc1. The molecule has 0 fully saturated rings. The number of H-pyrrole nitrogens is 1. The largest absolute Gasteiger partial charge is 0.481 e. The summed E-state index contributed by atoms with van der Waals surface area (Å²) in [5.74, 6) is -7.86. The number of hydrazone groups is 1. The third-order valence-corrected chi connectivity index (χ3v) is 6.91. The van der Waals surface area contributed by atoms with Crippen LogP contribution in [0.15, 0.2) is 82.7 Å². The van der Waals surface area contributed by atoms with Gasteiger partial charge >= 0.3 is 17.8 Å². The molecule has 0 spiro atoms. The zero-order valence-corrected chi connectivity index (χ0v) is 21.5. The number of aromatic amines is 1.